The summed E-state index contributed by atoms with van der Waals surface area (Å²) in [4.78, 5) is -0.280. The van der Waals surface area contributed by atoms with Crippen LogP contribution in [0.2, 0.25) is 0 Å². The van der Waals surface area contributed by atoms with Gasteiger partial charge in [-0.2, -0.15) is 8.42 Å². The molecule has 5 N–H and O–H groups in total. The number of hydrogen-bond acceptors (Lipinski definition) is 4. The average Bonchev–Trinajstić information content (AvgIpc) is 2.06. The van der Waals surface area contributed by atoms with E-state index < -0.39 is 10.1 Å². The fourth-order valence-corrected chi connectivity index (χ4v) is 1.96. The molecule has 6 heteroatoms. The van der Waals surface area contributed by atoms with Gasteiger partial charge in [-0.25, -0.2) is 0 Å². The van der Waals surface area contributed by atoms with Gasteiger partial charge >= 0.3 is 0 Å². The highest BCUT2D eigenvalue weighted by Crippen LogP contribution is 2.23. The van der Waals surface area contributed by atoms with Gasteiger partial charge in [0.05, 0.1) is 5.69 Å². The molecule has 0 unspecified atom stereocenters. The summed E-state index contributed by atoms with van der Waals surface area (Å²) in [6, 6.07) is 2.99. The molecule has 0 aliphatic heterocycles. The Morgan fingerprint density at radius 1 is 1.43 bits per heavy atom. The second kappa shape index (κ2) is 3.56. The zero-order valence-corrected chi connectivity index (χ0v) is 8.50. The number of rotatable bonds is 2. The quantitative estimate of drug-likeness (QED) is 0.486. The predicted octanol–water partition coefficient (Wildman–Crippen LogP) is 0.283. The van der Waals surface area contributed by atoms with Crippen LogP contribution in [0.15, 0.2) is 17.0 Å². The zero-order chi connectivity index (χ0) is 10.9. The molecule has 1 aromatic rings. The van der Waals surface area contributed by atoms with Crippen LogP contribution in [0.4, 0.5) is 5.69 Å². The molecule has 0 amide bonds. The molecule has 1 aromatic carbocycles. The van der Waals surface area contributed by atoms with Gasteiger partial charge in [-0.05, 0) is 24.1 Å². The third-order valence-corrected chi connectivity index (χ3v) is 2.76. The summed E-state index contributed by atoms with van der Waals surface area (Å²) in [7, 11) is -4.27. The molecule has 0 fully saturated rings. The van der Waals surface area contributed by atoms with Gasteiger partial charge in [-0.1, -0.05) is 6.07 Å². The molecule has 0 atom stereocenters. The Balaban J connectivity index is 3.53. The normalized spacial score (nSPS) is 11.6. The molecule has 1 rings (SSSR count). The summed E-state index contributed by atoms with van der Waals surface area (Å²) in [5, 5.41) is 0. The van der Waals surface area contributed by atoms with Crippen molar-refractivity contribution in [2.75, 3.05) is 5.73 Å². The Labute approximate surface area is 82.5 Å². The molecule has 0 heterocycles. The Kier molecular flexibility index (Phi) is 2.79. The molecule has 5 nitrogen and oxygen atoms in total. The highest BCUT2D eigenvalue weighted by molar-refractivity contribution is 7.86. The van der Waals surface area contributed by atoms with Crippen molar-refractivity contribution >= 4 is 15.8 Å². The minimum atomic E-state index is -4.27. The summed E-state index contributed by atoms with van der Waals surface area (Å²) < 4.78 is 30.7. The first-order valence-electron chi connectivity index (χ1n) is 3.93. The molecule has 78 valence electrons. The second-order valence-corrected chi connectivity index (χ2v) is 4.41. The molecule has 14 heavy (non-hydrogen) atoms. The third kappa shape index (κ3) is 2.03. The van der Waals surface area contributed by atoms with Gasteiger partial charge in [0.2, 0.25) is 0 Å². The lowest BCUT2D eigenvalue weighted by atomic mass is 10.1. The van der Waals surface area contributed by atoms with Crippen LogP contribution in [0.25, 0.3) is 0 Å². The van der Waals surface area contributed by atoms with Gasteiger partial charge < -0.3 is 11.5 Å². The van der Waals surface area contributed by atoms with Gasteiger partial charge in [-0.15, -0.1) is 0 Å². The minimum absolute atomic E-state index is 0.0144. The highest BCUT2D eigenvalue weighted by atomic mass is 32.2. The van der Waals surface area contributed by atoms with Crippen molar-refractivity contribution in [3.05, 3.63) is 23.3 Å². The van der Waals surface area contributed by atoms with Gasteiger partial charge in [0.25, 0.3) is 10.1 Å². The number of aryl methyl sites for hydroxylation is 1. The zero-order valence-electron chi connectivity index (χ0n) is 7.69. The Bertz CT molecular complexity index is 454. The number of benzene rings is 1. The van der Waals surface area contributed by atoms with Crippen LogP contribution in [0.3, 0.4) is 0 Å². The van der Waals surface area contributed by atoms with E-state index in [1.807, 2.05) is 0 Å². The van der Waals surface area contributed by atoms with Gasteiger partial charge in [-0.3, -0.25) is 4.55 Å². The van der Waals surface area contributed by atoms with Gasteiger partial charge in [0.15, 0.2) is 0 Å². The number of hydrogen-bond donors (Lipinski definition) is 3. The van der Waals surface area contributed by atoms with E-state index in [1.54, 1.807) is 13.0 Å². The molecular weight excluding hydrogens is 204 g/mol. The Morgan fingerprint density at radius 3 is 2.43 bits per heavy atom. The molecule has 0 bridgehead atoms. The lowest BCUT2D eigenvalue weighted by molar-refractivity contribution is 0.483. The number of nitrogens with two attached hydrogens (primary N) is 2. The Morgan fingerprint density at radius 2 is 2.00 bits per heavy atom. The van der Waals surface area contributed by atoms with Crippen molar-refractivity contribution in [3.63, 3.8) is 0 Å². The topological polar surface area (TPSA) is 106 Å². The molecule has 0 saturated heterocycles. The van der Waals surface area contributed by atoms with Gasteiger partial charge in [0.1, 0.15) is 4.90 Å². The van der Waals surface area contributed by atoms with E-state index in [-0.39, 0.29) is 17.1 Å². The van der Waals surface area contributed by atoms with Crippen LogP contribution >= 0.6 is 0 Å². The highest BCUT2D eigenvalue weighted by Gasteiger charge is 2.16. The maximum absolute atomic E-state index is 10.9. The molecule has 0 aliphatic carbocycles. The van der Waals surface area contributed by atoms with E-state index in [9.17, 15) is 8.42 Å². The fraction of sp³-hybridized carbons (Fsp3) is 0.250. The molecule has 0 radical (unpaired) electrons. The van der Waals surface area contributed by atoms with E-state index in [0.717, 1.165) is 0 Å². The summed E-state index contributed by atoms with van der Waals surface area (Å²) >= 11 is 0. The molecular formula is C8H12N2O3S. The maximum atomic E-state index is 10.9. The molecule has 0 spiro atoms. The van der Waals surface area contributed by atoms with Crippen molar-refractivity contribution in [3.8, 4) is 0 Å². The second-order valence-electron chi connectivity index (χ2n) is 3.02. The molecule has 0 saturated carbocycles. The number of anilines is 1. The van der Waals surface area contributed by atoms with Crippen LogP contribution in [0.5, 0.6) is 0 Å². The SMILES string of the molecule is Cc1cc(CN)c(N)c(S(=O)(=O)O)c1. The van der Waals surface area contributed by atoms with Crippen LogP contribution in [-0.4, -0.2) is 13.0 Å². The molecule has 0 aliphatic rings. The van der Waals surface area contributed by atoms with Crippen LogP contribution in [-0.2, 0) is 16.7 Å². The van der Waals surface area contributed by atoms with E-state index in [0.29, 0.717) is 11.1 Å². The first kappa shape index (κ1) is 11.0. The van der Waals surface area contributed by atoms with Crippen molar-refractivity contribution in [1.29, 1.82) is 0 Å². The summed E-state index contributed by atoms with van der Waals surface area (Å²) in [5.41, 5.74) is 12.1. The maximum Gasteiger partial charge on any atom is 0.296 e. The van der Waals surface area contributed by atoms with E-state index in [1.165, 1.54) is 6.07 Å². The first-order chi connectivity index (χ1) is 6.36. The van der Waals surface area contributed by atoms with Crippen molar-refractivity contribution in [2.45, 2.75) is 18.4 Å². The van der Waals surface area contributed by atoms with Crippen molar-refractivity contribution in [1.82, 2.24) is 0 Å². The monoisotopic (exact) mass is 216 g/mol. The third-order valence-electron chi connectivity index (χ3n) is 1.87. The lowest BCUT2D eigenvalue weighted by Gasteiger charge is -2.08. The average molecular weight is 216 g/mol. The van der Waals surface area contributed by atoms with Crippen LogP contribution < -0.4 is 11.5 Å². The predicted molar refractivity (Wildman–Crippen MR) is 53.3 cm³/mol. The minimum Gasteiger partial charge on any atom is -0.397 e. The standard InChI is InChI=1S/C8H12N2O3S/c1-5-2-6(4-9)8(10)7(3-5)14(11,12)13/h2-3H,4,9-10H2,1H3,(H,11,12,13). The summed E-state index contributed by atoms with van der Waals surface area (Å²) in [6.45, 7) is 1.84. The van der Waals surface area contributed by atoms with Crippen molar-refractivity contribution in [2.24, 2.45) is 5.73 Å². The molecule has 0 aromatic heterocycles. The summed E-state index contributed by atoms with van der Waals surface area (Å²) in [5.74, 6) is 0. The Hall–Kier alpha value is -1.11. The van der Waals surface area contributed by atoms with Crippen LogP contribution in [0, 0.1) is 6.92 Å². The van der Waals surface area contributed by atoms with E-state index in [2.05, 4.69) is 0 Å². The lowest BCUT2D eigenvalue weighted by Crippen LogP contribution is -2.09. The number of nitrogen functional groups attached to an aromatic ring is 1. The van der Waals surface area contributed by atoms with E-state index in [4.69, 9.17) is 16.0 Å². The first-order valence-corrected chi connectivity index (χ1v) is 5.37. The van der Waals surface area contributed by atoms with Crippen molar-refractivity contribution < 1.29 is 13.0 Å². The van der Waals surface area contributed by atoms with Crippen LogP contribution in [0.1, 0.15) is 11.1 Å². The van der Waals surface area contributed by atoms with E-state index >= 15 is 0 Å². The largest absolute Gasteiger partial charge is 0.397 e. The van der Waals surface area contributed by atoms with Gasteiger partial charge in [0, 0.05) is 6.54 Å². The summed E-state index contributed by atoms with van der Waals surface area (Å²) in [6.07, 6.45) is 0. The fourth-order valence-electron chi connectivity index (χ4n) is 1.22. The smallest absolute Gasteiger partial charge is 0.296 e.